The van der Waals surface area contributed by atoms with E-state index in [1.807, 2.05) is 0 Å². The van der Waals surface area contributed by atoms with Crippen LogP contribution < -0.4 is 0 Å². The maximum Gasteiger partial charge on any atom is 0.176 e. The molecule has 2 heterocycles. The molecule has 6 rings (SSSR count). The summed E-state index contributed by atoms with van der Waals surface area (Å²) in [6, 6.07) is 0. The van der Waals surface area contributed by atoms with Gasteiger partial charge in [-0.15, -0.1) is 0 Å². The molecule has 4 saturated carbocycles. The molecule has 8 atom stereocenters. The molecule has 1 N–H and O–H groups in total. The Hall–Kier alpha value is -0.270. The molecule has 6 aliphatic rings. The highest BCUT2D eigenvalue weighted by atomic mass is 19.1. The van der Waals surface area contributed by atoms with Crippen molar-refractivity contribution >= 4 is 0 Å². The zero-order valence-electron chi connectivity index (χ0n) is 17.7. The van der Waals surface area contributed by atoms with Gasteiger partial charge in [-0.25, -0.2) is 4.39 Å². The second-order valence-corrected chi connectivity index (χ2v) is 11.1. The van der Waals surface area contributed by atoms with Gasteiger partial charge in [-0.05, 0) is 48.9 Å². The quantitative estimate of drug-likeness (QED) is 0.663. The summed E-state index contributed by atoms with van der Waals surface area (Å²) in [5, 5.41) is 11.3. The molecule has 0 radical (unpaired) electrons. The fourth-order valence-corrected chi connectivity index (χ4v) is 8.87. The average molecular weight is 411 g/mol. The van der Waals surface area contributed by atoms with E-state index in [0.717, 1.165) is 32.1 Å². The lowest BCUT2D eigenvalue weighted by molar-refractivity contribution is -0.269. The van der Waals surface area contributed by atoms with E-state index < -0.39 is 23.8 Å². The van der Waals surface area contributed by atoms with Crippen molar-refractivity contribution in [2.45, 2.75) is 82.6 Å². The molecule has 0 amide bonds. The largest absolute Gasteiger partial charge is 0.393 e. The molecule has 6 fully saturated rings. The number of aliphatic hydroxyl groups excluding tert-OH is 1. The van der Waals surface area contributed by atoms with E-state index in [-0.39, 0.29) is 28.6 Å². The van der Waals surface area contributed by atoms with Crippen molar-refractivity contribution in [2.75, 3.05) is 26.4 Å². The first-order valence-corrected chi connectivity index (χ1v) is 11.7. The van der Waals surface area contributed by atoms with Crippen molar-refractivity contribution in [1.29, 1.82) is 0 Å². The van der Waals surface area contributed by atoms with Crippen LogP contribution in [0.4, 0.5) is 4.39 Å². The molecule has 6 heteroatoms. The number of hydrogen-bond acceptors (Lipinski definition) is 5. The molecule has 6 unspecified atom stereocenters. The Labute approximate surface area is 172 Å². The minimum atomic E-state index is -0.922. The van der Waals surface area contributed by atoms with E-state index in [2.05, 4.69) is 13.8 Å². The number of halogens is 1. The molecule has 2 spiro atoms. The van der Waals surface area contributed by atoms with Gasteiger partial charge in [-0.1, -0.05) is 13.8 Å². The van der Waals surface area contributed by atoms with Crippen LogP contribution in [0.15, 0.2) is 0 Å². The van der Waals surface area contributed by atoms with Gasteiger partial charge in [0.05, 0.1) is 32.5 Å². The first-order chi connectivity index (χ1) is 13.8. The number of alkyl halides is 1. The summed E-state index contributed by atoms with van der Waals surface area (Å²) in [7, 11) is 0. The number of ether oxygens (including phenoxy) is 4. The Morgan fingerprint density at radius 2 is 1.55 bits per heavy atom. The van der Waals surface area contributed by atoms with Crippen LogP contribution >= 0.6 is 0 Å². The molecule has 0 aromatic heterocycles. The third-order valence-corrected chi connectivity index (χ3v) is 10.2. The second kappa shape index (κ2) is 6.16. The van der Waals surface area contributed by atoms with Crippen molar-refractivity contribution in [1.82, 2.24) is 0 Å². The molecule has 4 aliphatic carbocycles. The van der Waals surface area contributed by atoms with Gasteiger partial charge in [0.15, 0.2) is 11.6 Å². The van der Waals surface area contributed by atoms with Crippen LogP contribution in [0.3, 0.4) is 0 Å². The van der Waals surface area contributed by atoms with E-state index in [4.69, 9.17) is 18.9 Å². The smallest absolute Gasteiger partial charge is 0.176 e. The van der Waals surface area contributed by atoms with E-state index >= 15 is 4.39 Å². The second-order valence-electron chi connectivity index (χ2n) is 11.1. The van der Waals surface area contributed by atoms with Gasteiger partial charge in [0.1, 0.15) is 6.17 Å². The molecular weight excluding hydrogens is 375 g/mol. The van der Waals surface area contributed by atoms with Gasteiger partial charge >= 0.3 is 0 Å². The lowest BCUT2D eigenvalue weighted by Crippen LogP contribution is -2.62. The Morgan fingerprint density at radius 1 is 0.862 bits per heavy atom. The minimum absolute atomic E-state index is 0.0110. The molecule has 5 nitrogen and oxygen atoms in total. The molecule has 0 aromatic carbocycles. The first-order valence-electron chi connectivity index (χ1n) is 11.7. The van der Waals surface area contributed by atoms with Crippen LogP contribution in [-0.2, 0) is 18.9 Å². The van der Waals surface area contributed by atoms with Gasteiger partial charge in [0, 0.05) is 30.6 Å². The number of hydrogen-bond donors (Lipinski definition) is 1. The third-order valence-electron chi connectivity index (χ3n) is 10.2. The lowest BCUT2D eigenvalue weighted by Gasteiger charge is -2.63. The number of rotatable bonds is 0. The molecule has 0 aromatic rings. The molecule has 2 aliphatic heterocycles. The Balaban J connectivity index is 1.33. The van der Waals surface area contributed by atoms with Gasteiger partial charge in [-0.3, -0.25) is 0 Å². The zero-order chi connectivity index (χ0) is 20.1. The van der Waals surface area contributed by atoms with E-state index in [0.29, 0.717) is 45.2 Å². The summed E-state index contributed by atoms with van der Waals surface area (Å²) in [6.45, 7) is 6.97. The summed E-state index contributed by atoms with van der Waals surface area (Å²) in [5.41, 5.74) is -0.294. The van der Waals surface area contributed by atoms with Crippen LogP contribution in [0.1, 0.15) is 58.8 Å². The van der Waals surface area contributed by atoms with E-state index in [9.17, 15) is 5.11 Å². The number of fused-ring (bicyclic) bond motifs is 6. The SMILES string of the molecule is CC12CCC3(CC1[C@@H](O)CC1C2CC[C@@]2(C)C1C(F)CC21OCCO1)OCCO3. The van der Waals surface area contributed by atoms with Gasteiger partial charge in [0.25, 0.3) is 0 Å². The molecular formula is C23H35FO5. The highest BCUT2D eigenvalue weighted by Crippen LogP contribution is 2.70. The monoisotopic (exact) mass is 410 g/mol. The molecule has 0 bridgehead atoms. The summed E-state index contributed by atoms with van der Waals surface area (Å²) in [4.78, 5) is 0. The van der Waals surface area contributed by atoms with Crippen molar-refractivity contribution in [3.05, 3.63) is 0 Å². The normalized spacial score (nSPS) is 55.0. The maximum atomic E-state index is 15.6. The van der Waals surface area contributed by atoms with Gasteiger partial charge in [0.2, 0.25) is 0 Å². The lowest BCUT2D eigenvalue weighted by atomic mass is 9.44. The predicted octanol–water partition coefficient (Wildman–Crippen LogP) is 3.43. The zero-order valence-corrected chi connectivity index (χ0v) is 17.7. The highest BCUT2D eigenvalue weighted by Gasteiger charge is 2.72. The first kappa shape index (κ1) is 19.4. The summed E-state index contributed by atoms with van der Waals surface area (Å²) >= 11 is 0. The predicted molar refractivity (Wildman–Crippen MR) is 103 cm³/mol. The van der Waals surface area contributed by atoms with Crippen LogP contribution in [-0.4, -0.2) is 55.4 Å². The Kier molecular flexibility index (Phi) is 4.12. The van der Waals surface area contributed by atoms with Gasteiger partial charge < -0.3 is 24.1 Å². The van der Waals surface area contributed by atoms with Crippen LogP contribution in [0.25, 0.3) is 0 Å². The molecule has 164 valence electrons. The minimum Gasteiger partial charge on any atom is -0.393 e. The van der Waals surface area contributed by atoms with Crippen LogP contribution in [0.2, 0.25) is 0 Å². The fraction of sp³-hybridized carbons (Fsp3) is 1.00. The van der Waals surface area contributed by atoms with Gasteiger partial charge in [-0.2, -0.15) is 0 Å². The molecule has 2 saturated heterocycles. The maximum absolute atomic E-state index is 15.6. The van der Waals surface area contributed by atoms with Crippen LogP contribution in [0.5, 0.6) is 0 Å². The van der Waals surface area contributed by atoms with Crippen molar-refractivity contribution in [3.63, 3.8) is 0 Å². The fourth-order valence-electron chi connectivity index (χ4n) is 8.87. The number of aliphatic hydroxyl groups is 1. The Bertz CT molecular complexity index is 674. The third kappa shape index (κ3) is 2.39. The summed E-state index contributed by atoms with van der Waals surface area (Å²) in [5.74, 6) is -0.567. The topological polar surface area (TPSA) is 57.2 Å². The average Bonchev–Trinajstić information content (AvgIpc) is 3.38. The standard InChI is InChI=1S/C23H35FO5/c1-20-5-6-22(26-7-8-27-22)12-16(20)18(25)11-14-15(20)3-4-21(2)19(14)17(24)13-23(21)28-9-10-29-23/h14-19,25H,3-13H2,1-2H3/t14?,15?,16?,17?,18-,19?,20?,21-/m0/s1. The summed E-state index contributed by atoms with van der Waals surface area (Å²) in [6.07, 6.45) is 4.31. The van der Waals surface area contributed by atoms with Crippen molar-refractivity contribution in [2.24, 2.45) is 34.5 Å². The molecule has 29 heavy (non-hydrogen) atoms. The van der Waals surface area contributed by atoms with Crippen LogP contribution in [0, 0.1) is 34.5 Å². The highest BCUT2D eigenvalue weighted by molar-refractivity contribution is 5.17. The van der Waals surface area contributed by atoms with Crippen molar-refractivity contribution in [3.8, 4) is 0 Å². The summed E-state index contributed by atoms with van der Waals surface area (Å²) < 4.78 is 39.8. The van der Waals surface area contributed by atoms with E-state index in [1.54, 1.807) is 0 Å². The van der Waals surface area contributed by atoms with E-state index in [1.165, 1.54) is 0 Å². The van der Waals surface area contributed by atoms with Crippen molar-refractivity contribution < 1.29 is 28.4 Å². The Morgan fingerprint density at radius 3 is 2.28 bits per heavy atom.